The molecule has 8 heteroatoms. The number of nitrogens with zero attached hydrogens (tertiary/aromatic N) is 2. The van der Waals surface area contributed by atoms with Crippen LogP contribution in [-0.2, 0) is 6.42 Å². The van der Waals surface area contributed by atoms with Gasteiger partial charge in [-0.15, -0.1) is 0 Å². The van der Waals surface area contributed by atoms with Crippen LogP contribution in [0.2, 0.25) is 0 Å². The molecule has 0 spiro atoms. The molecule has 2 aromatic rings. The van der Waals surface area contributed by atoms with Gasteiger partial charge in [0.2, 0.25) is 0 Å². The van der Waals surface area contributed by atoms with Gasteiger partial charge in [0.05, 0.1) is 11.1 Å². The number of benzene rings is 1. The first-order chi connectivity index (χ1) is 8.87. The van der Waals surface area contributed by atoms with Crippen molar-refractivity contribution in [2.24, 2.45) is 0 Å². The van der Waals surface area contributed by atoms with E-state index in [1.165, 1.54) is 24.3 Å². The highest BCUT2D eigenvalue weighted by molar-refractivity contribution is 5.94. The zero-order valence-corrected chi connectivity index (χ0v) is 9.31. The Hall–Kier alpha value is -2.38. The smallest absolute Gasteiger partial charge is 0.396 e. The zero-order valence-electron chi connectivity index (χ0n) is 9.31. The molecular weight excluding hydrogens is 265 g/mol. The van der Waals surface area contributed by atoms with E-state index in [0.29, 0.717) is 0 Å². The summed E-state index contributed by atoms with van der Waals surface area (Å²) in [6, 6.07) is 5.69. The van der Waals surface area contributed by atoms with Gasteiger partial charge in [-0.25, -0.2) is 4.79 Å². The second-order valence-electron chi connectivity index (χ2n) is 3.66. The lowest BCUT2D eigenvalue weighted by molar-refractivity contribution is -0.128. The third kappa shape index (κ3) is 3.09. The number of aromatic nitrogens is 2. The number of aromatic carboxylic acids is 1. The molecule has 0 fully saturated rings. The molecule has 0 saturated heterocycles. The molecule has 100 valence electrons. The van der Waals surface area contributed by atoms with Gasteiger partial charge in [-0.1, -0.05) is 17.3 Å². The molecule has 0 amide bonds. The third-order valence-corrected chi connectivity index (χ3v) is 2.21. The van der Waals surface area contributed by atoms with E-state index >= 15 is 0 Å². The highest BCUT2D eigenvalue weighted by Crippen LogP contribution is 2.24. The molecule has 0 radical (unpaired) electrons. The second-order valence-corrected chi connectivity index (χ2v) is 3.66. The topological polar surface area (TPSA) is 76.2 Å². The van der Waals surface area contributed by atoms with Crippen molar-refractivity contribution in [3.8, 4) is 11.5 Å². The van der Waals surface area contributed by atoms with Crippen LogP contribution in [0.15, 0.2) is 28.8 Å². The van der Waals surface area contributed by atoms with Gasteiger partial charge in [0, 0.05) is 0 Å². The summed E-state index contributed by atoms with van der Waals surface area (Å²) in [5.74, 6) is -2.02. The van der Waals surface area contributed by atoms with E-state index < -0.39 is 24.4 Å². The number of carboxylic acids is 1. The van der Waals surface area contributed by atoms with Gasteiger partial charge in [-0.2, -0.15) is 18.2 Å². The van der Waals surface area contributed by atoms with Gasteiger partial charge >= 0.3 is 12.1 Å². The van der Waals surface area contributed by atoms with Crippen LogP contribution in [0.3, 0.4) is 0 Å². The first-order valence-corrected chi connectivity index (χ1v) is 5.09. The van der Waals surface area contributed by atoms with Crippen LogP contribution in [-0.4, -0.2) is 27.4 Å². The van der Waals surface area contributed by atoms with E-state index in [1.807, 2.05) is 0 Å². The first-order valence-electron chi connectivity index (χ1n) is 5.09. The van der Waals surface area contributed by atoms with Crippen molar-refractivity contribution in [2.75, 3.05) is 0 Å². The Kier molecular flexibility index (Phi) is 3.24. The number of hydrogen-bond donors (Lipinski definition) is 1. The van der Waals surface area contributed by atoms with Crippen molar-refractivity contribution in [1.29, 1.82) is 0 Å². The summed E-state index contributed by atoms with van der Waals surface area (Å²) in [5.41, 5.74) is -0.0411. The van der Waals surface area contributed by atoms with E-state index in [-0.39, 0.29) is 17.0 Å². The normalized spacial score (nSPS) is 11.5. The van der Waals surface area contributed by atoms with Crippen LogP contribution in [0.1, 0.15) is 16.2 Å². The van der Waals surface area contributed by atoms with Crippen molar-refractivity contribution < 1.29 is 27.6 Å². The van der Waals surface area contributed by atoms with E-state index in [1.54, 1.807) is 0 Å². The van der Waals surface area contributed by atoms with Crippen LogP contribution in [0.4, 0.5) is 13.2 Å². The average Bonchev–Trinajstić information content (AvgIpc) is 2.75. The maximum absolute atomic E-state index is 12.1. The molecule has 19 heavy (non-hydrogen) atoms. The summed E-state index contributed by atoms with van der Waals surface area (Å²) in [7, 11) is 0. The molecule has 2 rings (SSSR count). The molecule has 5 nitrogen and oxygen atoms in total. The molecule has 1 N–H and O–H groups in total. The summed E-state index contributed by atoms with van der Waals surface area (Å²) >= 11 is 0. The van der Waals surface area contributed by atoms with Crippen molar-refractivity contribution in [2.45, 2.75) is 12.6 Å². The minimum Gasteiger partial charge on any atom is -0.478 e. The molecule has 0 bridgehead atoms. The predicted octanol–water partition coefficient (Wildman–Crippen LogP) is 2.54. The lowest BCUT2D eigenvalue weighted by atomic mass is 10.1. The summed E-state index contributed by atoms with van der Waals surface area (Å²) < 4.78 is 41.1. The molecule has 0 unspecified atom stereocenters. The Morgan fingerprint density at radius 1 is 1.32 bits per heavy atom. The minimum absolute atomic E-state index is 0.0796. The largest absolute Gasteiger partial charge is 0.478 e. The fourth-order valence-corrected chi connectivity index (χ4v) is 1.47. The quantitative estimate of drug-likeness (QED) is 0.929. The van der Waals surface area contributed by atoms with E-state index in [4.69, 9.17) is 5.11 Å². The summed E-state index contributed by atoms with van der Waals surface area (Å²) in [4.78, 5) is 14.5. The molecule has 0 aliphatic rings. The molecule has 1 aromatic heterocycles. The number of hydrogen-bond acceptors (Lipinski definition) is 4. The molecule has 0 aliphatic carbocycles. The Bertz CT molecular complexity index is 607. The number of rotatable bonds is 3. The van der Waals surface area contributed by atoms with Crippen molar-refractivity contribution in [3.63, 3.8) is 0 Å². The van der Waals surface area contributed by atoms with Crippen LogP contribution in [0, 0.1) is 0 Å². The number of halogens is 3. The SMILES string of the molecule is O=C(O)c1ccccc1-c1nc(CC(F)(F)F)no1. The van der Waals surface area contributed by atoms with Crippen LogP contribution in [0.25, 0.3) is 11.5 Å². The lowest BCUT2D eigenvalue weighted by Crippen LogP contribution is -2.12. The monoisotopic (exact) mass is 272 g/mol. The van der Waals surface area contributed by atoms with Gasteiger partial charge in [-0.3, -0.25) is 0 Å². The fourth-order valence-electron chi connectivity index (χ4n) is 1.47. The number of carbonyl (C=O) groups is 1. The number of carboxylic acid groups (broad SMARTS) is 1. The van der Waals surface area contributed by atoms with Gasteiger partial charge in [-0.05, 0) is 12.1 Å². The van der Waals surface area contributed by atoms with Gasteiger partial charge in [0.15, 0.2) is 5.82 Å². The molecule has 0 atom stereocenters. The summed E-state index contributed by atoms with van der Waals surface area (Å²) in [5, 5.41) is 12.1. The van der Waals surface area contributed by atoms with E-state index in [9.17, 15) is 18.0 Å². The first kappa shape index (κ1) is 13.1. The minimum atomic E-state index is -4.45. The van der Waals surface area contributed by atoms with Crippen molar-refractivity contribution in [1.82, 2.24) is 10.1 Å². The standard InChI is InChI=1S/C11H7F3N2O3/c12-11(13,14)5-8-15-9(19-16-8)6-3-1-2-4-7(6)10(17)18/h1-4H,5H2,(H,17,18). The summed E-state index contributed by atoms with van der Waals surface area (Å²) in [6.45, 7) is 0. The Balaban J connectivity index is 2.36. The molecule has 1 heterocycles. The second kappa shape index (κ2) is 4.71. The third-order valence-electron chi connectivity index (χ3n) is 2.21. The number of alkyl halides is 3. The zero-order chi connectivity index (χ0) is 14.0. The van der Waals surface area contributed by atoms with Gasteiger partial charge in [0.1, 0.15) is 6.42 Å². The summed E-state index contributed by atoms with van der Waals surface area (Å²) in [6.07, 6.45) is -5.78. The van der Waals surface area contributed by atoms with Crippen LogP contribution < -0.4 is 0 Å². The predicted molar refractivity (Wildman–Crippen MR) is 56.5 cm³/mol. The van der Waals surface area contributed by atoms with Gasteiger partial charge < -0.3 is 9.63 Å². The maximum Gasteiger partial charge on any atom is 0.396 e. The average molecular weight is 272 g/mol. The van der Waals surface area contributed by atoms with Crippen LogP contribution >= 0.6 is 0 Å². The molecular formula is C11H7F3N2O3. The van der Waals surface area contributed by atoms with Gasteiger partial charge in [0.25, 0.3) is 5.89 Å². The Morgan fingerprint density at radius 2 is 2.00 bits per heavy atom. The molecule has 1 aromatic carbocycles. The highest BCUT2D eigenvalue weighted by Gasteiger charge is 2.31. The molecule has 0 saturated carbocycles. The van der Waals surface area contributed by atoms with E-state index in [0.717, 1.165) is 0 Å². The van der Waals surface area contributed by atoms with Crippen LogP contribution in [0.5, 0.6) is 0 Å². The van der Waals surface area contributed by atoms with E-state index in [2.05, 4.69) is 14.7 Å². The van der Waals surface area contributed by atoms with Crippen molar-refractivity contribution in [3.05, 3.63) is 35.7 Å². The Morgan fingerprint density at radius 3 is 2.63 bits per heavy atom. The maximum atomic E-state index is 12.1. The highest BCUT2D eigenvalue weighted by atomic mass is 19.4. The fraction of sp³-hybridized carbons (Fsp3) is 0.182. The van der Waals surface area contributed by atoms with Crippen molar-refractivity contribution >= 4 is 5.97 Å². The molecule has 0 aliphatic heterocycles. The Labute approximate surface area is 104 Å². The lowest BCUT2D eigenvalue weighted by Gasteiger charge is -2.00.